The van der Waals surface area contributed by atoms with Crippen molar-refractivity contribution in [1.29, 1.82) is 0 Å². The van der Waals surface area contributed by atoms with Crippen LogP contribution in [0.15, 0.2) is 65.2 Å². The highest BCUT2D eigenvalue weighted by Gasteiger charge is 2.27. The first-order valence-corrected chi connectivity index (χ1v) is 8.71. The number of methoxy groups -OCH3 is 1. The Morgan fingerprint density at radius 2 is 1.62 bits per heavy atom. The van der Waals surface area contributed by atoms with E-state index in [0.717, 1.165) is 9.87 Å². The van der Waals surface area contributed by atoms with Crippen LogP contribution >= 0.6 is 0 Å². The molecule has 0 atom stereocenters. The lowest BCUT2D eigenvalue weighted by Crippen LogP contribution is -2.30. The van der Waals surface area contributed by atoms with Crippen LogP contribution in [-0.2, 0) is 19.6 Å². The van der Waals surface area contributed by atoms with Crippen LogP contribution in [0.1, 0.15) is 11.1 Å². The van der Waals surface area contributed by atoms with E-state index in [4.69, 9.17) is 4.74 Å². The van der Waals surface area contributed by atoms with Gasteiger partial charge in [0.05, 0.1) is 12.0 Å². The van der Waals surface area contributed by atoms with Crippen LogP contribution in [-0.4, -0.2) is 32.8 Å². The molecule has 0 heterocycles. The number of sulfonamides is 1. The Hall–Kier alpha value is -2.60. The maximum absolute atomic E-state index is 12.8. The molecular formula is C18H19NO4S. The molecular weight excluding hydrogens is 326 g/mol. The Morgan fingerprint density at radius 3 is 2.17 bits per heavy atom. The monoisotopic (exact) mass is 345 g/mol. The summed E-state index contributed by atoms with van der Waals surface area (Å²) < 4.78 is 31.2. The fourth-order valence-electron chi connectivity index (χ4n) is 2.09. The number of ether oxygens (including phenoxy) is 1. The molecule has 24 heavy (non-hydrogen) atoms. The number of nitrogens with zero attached hydrogens (tertiary/aromatic N) is 1. The molecule has 0 aliphatic heterocycles. The van der Waals surface area contributed by atoms with Crippen LogP contribution in [0.25, 0.3) is 6.08 Å². The van der Waals surface area contributed by atoms with Crippen LogP contribution in [0.3, 0.4) is 0 Å². The molecule has 0 radical (unpaired) electrons. The smallest absolute Gasteiger partial charge is 0.355 e. The number of carbonyl (C=O) groups is 1. The van der Waals surface area contributed by atoms with Crippen molar-refractivity contribution < 1.29 is 17.9 Å². The van der Waals surface area contributed by atoms with Gasteiger partial charge < -0.3 is 4.74 Å². The molecule has 2 aromatic rings. The molecule has 0 N–H and O–H groups in total. The highest BCUT2D eigenvalue weighted by molar-refractivity contribution is 7.89. The van der Waals surface area contributed by atoms with Gasteiger partial charge in [0.25, 0.3) is 10.0 Å². The lowest BCUT2D eigenvalue weighted by atomic mass is 10.2. The van der Waals surface area contributed by atoms with Gasteiger partial charge in [0, 0.05) is 7.05 Å². The van der Waals surface area contributed by atoms with E-state index in [9.17, 15) is 13.2 Å². The number of aryl methyl sites for hydroxylation is 1. The third kappa shape index (κ3) is 3.83. The standard InChI is InChI=1S/C18H19NO4S/c1-14-9-11-16(12-10-14)24(21,22)19(2)17(18(20)23-3)13-15-7-5-4-6-8-15/h4-13H,1-3H3/b17-13-. The van der Waals surface area contributed by atoms with E-state index >= 15 is 0 Å². The van der Waals surface area contributed by atoms with E-state index in [-0.39, 0.29) is 10.6 Å². The second kappa shape index (κ2) is 7.31. The molecule has 5 nitrogen and oxygen atoms in total. The molecule has 2 rings (SSSR count). The third-order valence-corrected chi connectivity index (χ3v) is 5.30. The molecule has 0 spiro atoms. The lowest BCUT2D eigenvalue weighted by molar-refractivity contribution is -0.137. The summed E-state index contributed by atoms with van der Waals surface area (Å²) in [6, 6.07) is 15.4. The van der Waals surface area contributed by atoms with Gasteiger partial charge in [0.1, 0.15) is 5.70 Å². The van der Waals surface area contributed by atoms with Crippen molar-refractivity contribution in [2.24, 2.45) is 0 Å². The predicted octanol–water partition coefficient (Wildman–Crippen LogP) is 2.83. The molecule has 0 aromatic heterocycles. The minimum atomic E-state index is -3.87. The zero-order valence-electron chi connectivity index (χ0n) is 13.8. The van der Waals surface area contributed by atoms with Crippen molar-refractivity contribution in [2.75, 3.05) is 14.2 Å². The number of hydrogen-bond acceptors (Lipinski definition) is 4. The summed E-state index contributed by atoms with van der Waals surface area (Å²) in [4.78, 5) is 12.2. The number of rotatable bonds is 5. The average Bonchev–Trinajstić information content (AvgIpc) is 2.59. The fourth-order valence-corrected chi connectivity index (χ4v) is 3.27. The SMILES string of the molecule is COC(=O)/C(=C/c1ccccc1)N(C)S(=O)(=O)c1ccc(C)cc1. The highest BCUT2D eigenvalue weighted by atomic mass is 32.2. The van der Waals surface area contributed by atoms with Crippen molar-refractivity contribution >= 4 is 22.1 Å². The summed E-state index contributed by atoms with van der Waals surface area (Å²) in [5.41, 5.74) is 1.58. The molecule has 0 fully saturated rings. The number of esters is 1. The molecule has 0 amide bonds. The topological polar surface area (TPSA) is 63.7 Å². The van der Waals surface area contributed by atoms with Crippen LogP contribution in [0.5, 0.6) is 0 Å². The first-order chi connectivity index (χ1) is 11.4. The van der Waals surface area contributed by atoms with Gasteiger partial charge >= 0.3 is 5.97 Å². The van der Waals surface area contributed by atoms with Crippen LogP contribution in [0.4, 0.5) is 0 Å². The van der Waals surface area contributed by atoms with Crippen molar-refractivity contribution in [3.05, 3.63) is 71.4 Å². The van der Waals surface area contributed by atoms with Gasteiger partial charge in [0.15, 0.2) is 0 Å². The van der Waals surface area contributed by atoms with Gasteiger partial charge in [-0.1, -0.05) is 48.0 Å². The predicted molar refractivity (Wildman–Crippen MR) is 92.6 cm³/mol. The zero-order chi connectivity index (χ0) is 17.7. The van der Waals surface area contributed by atoms with Gasteiger partial charge in [-0.25, -0.2) is 13.2 Å². The summed E-state index contributed by atoms with van der Waals surface area (Å²) in [6.45, 7) is 1.87. The van der Waals surface area contributed by atoms with E-state index < -0.39 is 16.0 Å². The average molecular weight is 345 g/mol. The van der Waals surface area contributed by atoms with Gasteiger partial charge in [-0.05, 0) is 30.7 Å². The van der Waals surface area contributed by atoms with Crippen LogP contribution < -0.4 is 0 Å². The molecule has 0 saturated heterocycles. The summed E-state index contributed by atoms with van der Waals surface area (Å²) in [6.07, 6.45) is 1.48. The first kappa shape index (κ1) is 17.7. The maximum Gasteiger partial charge on any atom is 0.355 e. The number of carbonyl (C=O) groups excluding carboxylic acids is 1. The summed E-state index contributed by atoms with van der Waals surface area (Å²) in [5.74, 6) is -0.725. The number of likely N-dealkylation sites (N-methyl/N-ethyl adjacent to an activating group) is 1. The molecule has 6 heteroatoms. The largest absolute Gasteiger partial charge is 0.464 e. The summed E-state index contributed by atoms with van der Waals surface area (Å²) >= 11 is 0. The van der Waals surface area contributed by atoms with Crippen molar-refractivity contribution in [1.82, 2.24) is 4.31 Å². The van der Waals surface area contributed by atoms with Gasteiger partial charge in [0.2, 0.25) is 0 Å². The molecule has 0 saturated carbocycles. The lowest BCUT2D eigenvalue weighted by Gasteiger charge is -2.21. The van der Waals surface area contributed by atoms with Crippen molar-refractivity contribution in [3.8, 4) is 0 Å². The van der Waals surface area contributed by atoms with Crippen LogP contribution in [0.2, 0.25) is 0 Å². The number of benzene rings is 2. The molecule has 0 aliphatic rings. The fraction of sp³-hybridized carbons (Fsp3) is 0.167. The Labute approximate surface area is 142 Å². The van der Waals surface area contributed by atoms with E-state index in [1.54, 1.807) is 36.4 Å². The van der Waals surface area contributed by atoms with Crippen molar-refractivity contribution in [3.63, 3.8) is 0 Å². The second-order valence-electron chi connectivity index (χ2n) is 5.22. The quantitative estimate of drug-likeness (QED) is 0.617. The van der Waals surface area contributed by atoms with E-state index in [1.165, 1.54) is 32.4 Å². The third-order valence-electron chi connectivity index (χ3n) is 3.52. The Bertz CT molecular complexity index is 840. The minimum Gasteiger partial charge on any atom is -0.464 e. The summed E-state index contributed by atoms with van der Waals surface area (Å²) in [7, 11) is -1.32. The maximum atomic E-state index is 12.8. The second-order valence-corrected chi connectivity index (χ2v) is 7.19. The van der Waals surface area contributed by atoms with Gasteiger partial charge in [-0.15, -0.1) is 0 Å². The van der Waals surface area contributed by atoms with Crippen LogP contribution in [0, 0.1) is 6.92 Å². The Morgan fingerprint density at radius 1 is 1.04 bits per heavy atom. The van der Waals surface area contributed by atoms with Gasteiger partial charge in [-0.2, -0.15) is 0 Å². The molecule has 0 aliphatic carbocycles. The molecule has 126 valence electrons. The summed E-state index contributed by atoms with van der Waals surface area (Å²) in [5, 5.41) is 0. The first-order valence-electron chi connectivity index (χ1n) is 7.27. The molecule has 0 unspecified atom stereocenters. The van der Waals surface area contributed by atoms with Gasteiger partial charge in [-0.3, -0.25) is 4.31 Å². The minimum absolute atomic E-state index is 0.0655. The van der Waals surface area contributed by atoms with E-state index in [2.05, 4.69) is 0 Å². The molecule has 2 aromatic carbocycles. The van der Waals surface area contributed by atoms with E-state index in [1.807, 2.05) is 13.0 Å². The van der Waals surface area contributed by atoms with E-state index in [0.29, 0.717) is 5.56 Å². The number of hydrogen-bond donors (Lipinski definition) is 0. The zero-order valence-corrected chi connectivity index (χ0v) is 14.6. The molecule has 0 bridgehead atoms. The van der Waals surface area contributed by atoms with Crippen molar-refractivity contribution in [2.45, 2.75) is 11.8 Å². The Balaban J connectivity index is 2.48. The Kier molecular flexibility index (Phi) is 5.41. The highest BCUT2D eigenvalue weighted by Crippen LogP contribution is 2.21. The normalized spacial score (nSPS) is 11.9.